The molecule has 0 radical (unpaired) electrons. The van der Waals surface area contributed by atoms with E-state index in [-0.39, 0.29) is 80.9 Å². The Balaban J connectivity index is 1.27. The minimum Gasteiger partial charge on any atom is -0.480 e. The lowest BCUT2D eigenvalue weighted by Crippen LogP contribution is -2.56. The summed E-state index contributed by atoms with van der Waals surface area (Å²) in [6.45, 7) is 13.8. The summed E-state index contributed by atoms with van der Waals surface area (Å²) in [5.41, 5.74) is 6.83. The number of halogens is 2. The van der Waals surface area contributed by atoms with Crippen molar-refractivity contribution in [1.82, 2.24) is 35.6 Å². The molecule has 1 aromatic heterocycles. The van der Waals surface area contributed by atoms with E-state index in [1.165, 1.54) is 16.7 Å². The molecule has 406 valence electrons. The number of carboxylic acid groups (broad SMARTS) is 1. The zero-order valence-corrected chi connectivity index (χ0v) is 44.0. The largest absolute Gasteiger partial charge is 0.480 e. The monoisotopic (exact) mass is 1030 g/mol. The number of aliphatic hydroxyl groups excluding tert-OH is 1. The molecule has 18 nitrogen and oxygen atoms in total. The van der Waals surface area contributed by atoms with Crippen LogP contribution in [0.25, 0.3) is 11.1 Å². The molecule has 2 heterocycles. The van der Waals surface area contributed by atoms with Gasteiger partial charge >= 0.3 is 5.97 Å². The van der Waals surface area contributed by atoms with Crippen LogP contribution in [-0.4, -0.2) is 122 Å². The number of nitrogens with two attached hydrogens (primary N) is 1. The first-order valence-corrected chi connectivity index (χ1v) is 25.4. The molecule has 2 aromatic carbocycles. The summed E-state index contributed by atoms with van der Waals surface area (Å²) in [6, 6.07) is 9.01. The lowest BCUT2D eigenvalue weighted by molar-refractivity contribution is -0.142. The number of nitrogens with one attached hydrogen (secondary N) is 4. The van der Waals surface area contributed by atoms with Crippen LogP contribution in [0.5, 0.6) is 0 Å². The molecule has 74 heavy (non-hydrogen) atoms. The van der Waals surface area contributed by atoms with Gasteiger partial charge in [0.05, 0.1) is 17.5 Å². The Morgan fingerprint density at radius 3 is 2.15 bits per heavy atom. The van der Waals surface area contributed by atoms with Crippen LogP contribution in [-0.2, 0) is 44.9 Å². The number of aliphatic hydroxyl groups is 1. The van der Waals surface area contributed by atoms with E-state index in [2.05, 4.69) is 21.3 Å². The fraction of sp³-hybridized carbons (Fsp3) is 0.556. The second-order valence-corrected chi connectivity index (χ2v) is 21.2. The molecule has 1 aliphatic rings. The topological polar surface area (TPSA) is 263 Å². The summed E-state index contributed by atoms with van der Waals surface area (Å²) >= 11 is 0. The normalized spacial score (nSPS) is 15.5. The molecule has 7 amide bonds. The molecule has 1 fully saturated rings. The molecule has 0 bridgehead atoms. The fourth-order valence-electron chi connectivity index (χ4n) is 9.02. The second-order valence-electron chi connectivity index (χ2n) is 21.2. The Kier molecular flexibility index (Phi) is 22.0. The number of carboxylic acids is 1. The number of imide groups is 1. The first-order valence-electron chi connectivity index (χ1n) is 25.4. The molecule has 0 spiro atoms. The Morgan fingerprint density at radius 2 is 1.54 bits per heavy atom. The Morgan fingerprint density at radius 1 is 0.851 bits per heavy atom. The van der Waals surface area contributed by atoms with Gasteiger partial charge in [-0.05, 0) is 86.6 Å². The van der Waals surface area contributed by atoms with Crippen LogP contribution in [0, 0.1) is 28.4 Å². The maximum Gasteiger partial charge on any atom is 0.326 e. The zero-order chi connectivity index (χ0) is 55.1. The molecular weight excluding hydrogens is 959 g/mol. The molecule has 3 aromatic rings. The molecular formula is C54H76F2N8O10. The predicted octanol–water partition coefficient (Wildman–Crippen LogP) is 4.95. The summed E-state index contributed by atoms with van der Waals surface area (Å²) in [7, 11) is 0. The van der Waals surface area contributed by atoms with E-state index in [4.69, 9.17) is 5.73 Å². The Bertz CT molecular complexity index is 2460. The summed E-state index contributed by atoms with van der Waals surface area (Å²) in [5, 5.41) is 30.5. The van der Waals surface area contributed by atoms with Crippen LogP contribution >= 0.6 is 0 Å². The van der Waals surface area contributed by atoms with Crippen LogP contribution in [0.2, 0.25) is 0 Å². The van der Waals surface area contributed by atoms with Gasteiger partial charge in [0.15, 0.2) is 0 Å². The average Bonchev–Trinajstić information content (AvgIpc) is 3.82. The van der Waals surface area contributed by atoms with Crippen molar-refractivity contribution < 1.29 is 57.4 Å². The van der Waals surface area contributed by atoms with Gasteiger partial charge in [-0.2, -0.15) is 0 Å². The molecule has 1 unspecified atom stereocenters. The Labute approximate surface area is 432 Å². The Hall–Kier alpha value is -6.54. The number of carbonyl (C=O) groups is 8. The molecule has 20 heteroatoms. The molecule has 0 aliphatic carbocycles. The second kappa shape index (κ2) is 27.1. The highest BCUT2D eigenvalue weighted by molar-refractivity contribution is 6.05. The number of rotatable bonds is 28. The third-order valence-corrected chi connectivity index (χ3v) is 13.1. The van der Waals surface area contributed by atoms with Gasteiger partial charge in [-0.15, -0.1) is 0 Å². The van der Waals surface area contributed by atoms with Crippen LogP contribution < -0.4 is 27.0 Å². The van der Waals surface area contributed by atoms with Crippen molar-refractivity contribution in [2.75, 3.05) is 26.2 Å². The smallest absolute Gasteiger partial charge is 0.326 e. The van der Waals surface area contributed by atoms with Crippen LogP contribution in [0.3, 0.4) is 0 Å². The third kappa shape index (κ3) is 17.0. The van der Waals surface area contributed by atoms with E-state index in [1.54, 1.807) is 40.0 Å². The van der Waals surface area contributed by atoms with Crippen LogP contribution in [0.15, 0.2) is 60.8 Å². The van der Waals surface area contributed by atoms with E-state index < -0.39 is 88.9 Å². The van der Waals surface area contributed by atoms with Crippen LogP contribution in [0.4, 0.5) is 8.78 Å². The predicted molar refractivity (Wildman–Crippen MR) is 273 cm³/mol. The van der Waals surface area contributed by atoms with Gasteiger partial charge in [-0.1, -0.05) is 85.2 Å². The number of likely N-dealkylation sites (tertiary alicyclic amines) is 1. The number of hydrogen-bond acceptors (Lipinski definition) is 10. The number of nitrogens with zero attached hydrogens (tertiary/aromatic N) is 3. The van der Waals surface area contributed by atoms with Gasteiger partial charge in [-0.3, -0.25) is 38.5 Å². The number of aliphatic carboxylic acids is 1. The maximum absolute atomic E-state index is 15.1. The highest BCUT2D eigenvalue weighted by Crippen LogP contribution is 2.41. The molecule has 5 atom stereocenters. The molecule has 8 N–H and O–H groups in total. The average molecular weight is 1040 g/mol. The molecule has 4 rings (SSSR count). The minimum absolute atomic E-state index is 0.0110. The fourth-order valence-corrected chi connectivity index (χ4v) is 9.02. The van der Waals surface area contributed by atoms with E-state index in [9.17, 15) is 53.0 Å². The van der Waals surface area contributed by atoms with Gasteiger partial charge in [0.1, 0.15) is 36.4 Å². The van der Waals surface area contributed by atoms with E-state index in [0.717, 1.165) is 23.8 Å². The highest BCUT2D eigenvalue weighted by atomic mass is 19.1. The van der Waals surface area contributed by atoms with Crippen molar-refractivity contribution in [2.45, 2.75) is 150 Å². The summed E-state index contributed by atoms with van der Waals surface area (Å²) in [6.07, 6.45) is 4.08. The van der Waals surface area contributed by atoms with Crippen molar-refractivity contribution in [3.8, 4) is 11.1 Å². The number of carbonyl (C=O) groups excluding carboxylic acids is 7. The highest BCUT2D eigenvalue weighted by Gasteiger charge is 2.44. The number of benzene rings is 2. The first kappa shape index (κ1) is 60.0. The van der Waals surface area contributed by atoms with Gasteiger partial charge in [0, 0.05) is 62.0 Å². The number of unbranched alkanes of at least 4 members (excludes halogenated alkanes) is 3. The zero-order valence-electron chi connectivity index (χ0n) is 44.0. The van der Waals surface area contributed by atoms with Crippen molar-refractivity contribution in [3.63, 3.8) is 0 Å². The van der Waals surface area contributed by atoms with E-state index in [1.807, 2.05) is 55.7 Å². The van der Waals surface area contributed by atoms with Crippen molar-refractivity contribution in [1.29, 1.82) is 0 Å². The summed E-state index contributed by atoms with van der Waals surface area (Å²) in [5.74, 6) is -6.29. The SMILES string of the molecule is CC(C)C(NC(=O)CCCCCN1C(=O)CC(C)(C)C1=O)C(=O)N[C@@H](C)C(=O)N[C@@H](CCCCNC(=O)[C@@H](N)CCN(C(=O)CO)[C@@H](c1cc(-c2cc(F)ccc2F)cn1Cc1ccccc1)C(C)(C)C)C(=O)O. The number of amides is 7. The third-order valence-electron chi connectivity index (χ3n) is 13.1. The lowest BCUT2D eigenvalue weighted by atomic mass is 9.82. The maximum atomic E-state index is 15.1. The van der Waals surface area contributed by atoms with Crippen molar-refractivity contribution >= 4 is 47.3 Å². The van der Waals surface area contributed by atoms with Gasteiger partial charge < -0.3 is 46.7 Å². The van der Waals surface area contributed by atoms with E-state index >= 15 is 4.39 Å². The summed E-state index contributed by atoms with van der Waals surface area (Å²) < 4.78 is 31.4. The lowest BCUT2D eigenvalue weighted by Gasteiger charge is -2.41. The van der Waals surface area contributed by atoms with Crippen LogP contribution in [0.1, 0.15) is 130 Å². The quantitative estimate of drug-likeness (QED) is 0.0378. The van der Waals surface area contributed by atoms with E-state index in [0.29, 0.717) is 43.5 Å². The van der Waals surface area contributed by atoms with Crippen molar-refractivity contribution in [3.05, 3.63) is 83.7 Å². The standard InChI is InChI=1S/C54H76F2N8O10/c1-33(2)46(61-43(66)20-13-10-16-25-64-44(67)29-54(7,8)52(64)74)50(71)59-34(3)48(69)60-41(51(72)73)19-14-15-24-58-49(70)40(57)23-26-63(45(68)32-65)47(53(4,5)6)42-27-36(38-28-37(55)21-22-39(38)56)31-62(42)30-35-17-11-9-12-18-35/h9,11-12,17-18,21-22,27-28,31,33-34,40-41,46-47,65H,10,13-16,19-20,23-26,29-30,32,57H2,1-8H3,(H,58,70)(H,59,71)(H,60,69)(H,61,66)(H,72,73)/t34-,40-,41-,46?,47-/m0/s1. The number of aromatic nitrogens is 1. The van der Waals surface area contributed by atoms with Crippen molar-refractivity contribution in [2.24, 2.45) is 22.5 Å². The number of hydrogen-bond donors (Lipinski definition) is 7. The molecule has 1 aliphatic heterocycles. The molecule has 1 saturated heterocycles. The first-order chi connectivity index (χ1) is 34.7. The summed E-state index contributed by atoms with van der Waals surface area (Å²) in [4.78, 5) is 105. The molecule has 0 saturated carbocycles. The van der Waals surface area contributed by atoms with Gasteiger partial charge in [0.25, 0.3) is 0 Å². The minimum atomic E-state index is -1.32. The van der Waals surface area contributed by atoms with Gasteiger partial charge in [0.2, 0.25) is 41.4 Å². The van der Waals surface area contributed by atoms with Gasteiger partial charge in [-0.25, -0.2) is 13.6 Å².